The van der Waals surface area contributed by atoms with Gasteiger partial charge in [-0.3, -0.25) is 14.9 Å². The second-order valence-electron chi connectivity index (χ2n) is 4.99. The molecular formula is C14H19Cl2N4O3+. The zero-order chi connectivity index (χ0) is 17.6. The SMILES string of the molecule is CNC(=O)NC(=O)[C@@H](C)[NH+](C)CC(=O)Nc1ccc(Cl)c(Cl)c1. The van der Waals surface area contributed by atoms with E-state index in [0.717, 1.165) is 0 Å². The van der Waals surface area contributed by atoms with Gasteiger partial charge in [-0.2, -0.15) is 0 Å². The Hall–Kier alpha value is -1.83. The summed E-state index contributed by atoms with van der Waals surface area (Å²) in [5.41, 5.74) is 0.514. The number of amides is 4. The quantitative estimate of drug-likeness (QED) is 0.607. The van der Waals surface area contributed by atoms with Crippen LogP contribution in [0.15, 0.2) is 18.2 Å². The fourth-order valence-corrected chi connectivity index (χ4v) is 1.99. The number of likely N-dealkylation sites (N-methyl/N-ethyl adjacent to an activating group) is 1. The van der Waals surface area contributed by atoms with Crippen LogP contribution in [0.1, 0.15) is 6.92 Å². The molecule has 0 fully saturated rings. The van der Waals surface area contributed by atoms with Gasteiger partial charge in [0.15, 0.2) is 12.6 Å². The highest BCUT2D eigenvalue weighted by atomic mass is 35.5. The predicted molar refractivity (Wildman–Crippen MR) is 88.9 cm³/mol. The van der Waals surface area contributed by atoms with E-state index in [1.54, 1.807) is 32.2 Å². The molecule has 0 aliphatic carbocycles. The molecular weight excluding hydrogens is 343 g/mol. The molecule has 0 spiro atoms. The van der Waals surface area contributed by atoms with Crippen LogP contribution in [0.2, 0.25) is 10.0 Å². The molecule has 23 heavy (non-hydrogen) atoms. The lowest BCUT2D eigenvalue weighted by atomic mass is 10.2. The molecule has 1 rings (SSSR count). The van der Waals surface area contributed by atoms with Crippen molar-refractivity contribution in [2.45, 2.75) is 13.0 Å². The summed E-state index contributed by atoms with van der Waals surface area (Å²) in [5, 5.41) is 7.87. The van der Waals surface area contributed by atoms with Gasteiger partial charge in [0.25, 0.3) is 11.8 Å². The van der Waals surface area contributed by atoms with Gasteiger partial charge in [-0.05, 0) is 25.1 Å². The number of imide groups is 1. The predicted octanol–water partition coefficient (Wildman–Crippen LogP) is 0.291. The van der Waals surface area contributed by atoms with Gasteiger partial charge in [0, 0.05) is 12.7 Å². The van der Waals surface area contributed by atoms with Gasteiger partial charge in [-0.1, -0.05) is 23.2 Å². The van der Waals surface area contributed by atoms with Crippen LogP contribution in [0.4, 0.5) is 10.5 Å². The van der Waals surface area contributed by atoms with E-state index in [4.69, 9.17) is 23.2 Å². The minimum Gasteiger partial charge on any atom is -0.341 e. The van der Waals surface area contributed by atoms with Crippen LogP contribution >= 0.6 is 23.2 Å². The number of nitrogens with one attached hydrogen (secondary N) is 4. The smallest absolute Gasteiger partial charge is 0.321 e. The molecule has 0 bridgehead atoms. The minimum absolute atomic E-state index is 0.0442. The number of carbonyl (C=O) groups excluding carboxylic acids is 3. The van der Waals surface area contributed by atoms with Crippen LogP contribution < -0.4 is 20.9 Å². The van der Waals surface area contributed by atoms with Gasteiger partial charge in [-0.25, -0.2) is 4.79 Å². The van der Waals surface area contributed by atoms with Gasteiger partial charge in [0.05, 0.1) is 17.1 Å². The second-order valence-corrected chi connectivity index (χ2v) is 5.80. The molecule has 1 aromatic rings. The van der Waals surface area contributed by atoms with E-state index in [1.807, 2.05) is 0 Å². The topological polar surface area (TPSA) is 91.7 Å². The molecule has 0 aliphatic rings. The number of benzene rings is 1. The molecule has 0 radical (unpaired) electrons. The van der Waals surface area contributed by atoms with Crippen LogP contribution in [0, 0.1) is 0 Å². The molecule has 1 aromatic carbocycles. The molecule has 126 valence electrons. The van der Waals surface area contributed by atoms with Crippen molar-refractivity contribution in [3.8, 4) is 0 Å². The average Bonchev–Trinajstić information content (AvgIpc) is 2.49. The van der Waals surface area contributed by atoms with Crippen LogP contribution in [0.3, 0.4) is 0 Å². The first-order valence-corrected chi connectivity index (χ1v) is 7.60. The number of quaternary nitrogens is 1. The minimum atomic E-state index is -0.588. The molecule has 0 saturated carbocycles. The van der Waals surface area contributed by atoms with E-state index in [-0.39, 0.29) is 12.5 Å². The molecule has 4 amide bonds. The zero-order valence-electron chi connectivity index (χ0n) is 13.0. The lowest BCUT2D eigenvalue weighted by Crippen LogP contribution is -3.15. The first-order chi connectivity index (χ1) is 10.7. The largest absolute Gasteiger partial charge is 0.341 e. The number of halogens is 2. The Morgan fingerprint density at radius 2 is 1.87 bits per heavy atom. The van der Waals surface area contributed by atoms with Crippen LogP contribution in [-0.4, -0.2) is 44.5 Å². The average molecular weight is 362 g/mol. The van der Waals surface area contributed by atoms with Gasteiger partial charge in [-0.15, -0.1) is 0 Å². The Balaban J connectivity index is 2.56. The number of anilines is 1. The van der Waals surface area contributed by atoms with Crippen molar-refractivity contribution in [2.24, 2.45) is 0 Å². The summed E-state index contributed by atoms with van der Waals surface area (Å²) in [6.07, 6.45) is 0. The summed E-state index contributed by atoms with van der Waals surface area (Å²) in [4.78, 5) is 35.6. The fourth-order valence-electron chi connectivity index (χ4n) is 1.69. The van der Waals surface area contributed by atoms with E-state index in [0.29, 0.717) is 20.6 Å². The molecule has 9 heteroatoms. The van der Waals surface area contributed by atoms with Crippen molar-refractivity contribution in [3.05, 3.63) is 28.2 Å². The van der Waals surface area contributed by atoms with Crippen molar-refractivity contribution in [1.82, 2.24) is 10.6 Å². The van der Waals surface area contributed by atoms with Crippen LogP contribution in [-0.2, 0) is 9.59 Å². The number of hydrogen-bond donors (Lipinski definition) is 4. The van der Waals surface area contributed by atoms with Crippen molar-refractivity contribution < 1.29 is 19.3 Å². The van der Waals surface area contributed by atoms with Crippen molar-refractivity contribution in [2.75, 3.05) is 26.0 Å². The highest BCUT2D eigenvalue weighted by molar-refractivity contribution is 6.42. The maximum atomic E-state index is 12.0. The highest BCUT2D eigenvalue weighted by Crippen LogP contribution is 2.24. The molecule has 2 atom stereocenters. The molecule has 0 aromatic heterocycles. The Kier molecular flexibility index (Phi) is 7.28. The van der Waals surface area contributed by atoms with Gasteiger partial charge >= 0.3 is 6.03 Å². The van der Waals surface area contributed by atoms with Crippen LogP contribution in [0.5, 0.6) is 0 Å². The summed E-state index contributed by atoms with van der Waals surface area (Å²) >= 11 is 11.7. The lowest BCUT2D eigenvalue weighted by Gasteiger charge is -2.20. The number of urea groups is 1. The summed E-state index contributed by atoms with van der Waals surface area (Å²) in [7, 11) is 3.09. The third-order valence-corrected chi connectivity index (χ3v) is 3.98. The monoisotopic (exact) mass is 361 g/mol. The highest BCUT2D eigenvalue weighted by Gasteiger charge is 2.25. The Bertz CT molecular complexity index is 610. The maximum absolute atomic E-state index is 12.0. The number of hydrogen-bond acceptors (Lipinski definition) is 3. The summed E-state index contributed by atoms with van der Waals surface area (Å²) < 4.78 is 0. The fraction of sp³-hybridized carbons (Fsp3) is 0.357. The Labute approximate surface area is 144 Å². The standard InChI is InChI=1S/C14H18Cl2N4O3/c1-8(13(22)19-14(23)17-2)20(3)7-12(21)18-9-4-5-10(15)11(16)6-9/h4-6,8H,7H2,1-3H3,(H,18,21)(H2,17,19,22,23)/p+1/t8-/m1/s1. The maximum Gasteiger partial charge on any atom is 0.321 e. The zero-order valence-corrected chi connectivity index (χ0v) is 14.5. The van der Waals surface area contributed by atoms with Gasteiger partial charge < -0.3 is 15.5 Å². The van der Waals surface area contributed by atoms with Crippen molar-refractivity contribution in [1.29, 1.82) is 0 Å². The van der Waals surface area contributed by atoms with Crippen molar-refractivity contribution in [3.63, 3.8) is 0 Å². The first kappa shape index (κ1) is 19.2. The lowest BCUT2D eigenvalue weighted by molar-refractivity contribution is -0.885. The Morgan fingerprint density at radius 1 is 1.22 bits per heavy atom. The molecule has 0 aliphatic heterocycles. The summed E-state index contributed by atoms with van der Waals surface area (Å²) in [6, 6.07) is 3.58. The van der Waals surface area contributed by atoms with E-state index in [1.165, 1.54) is 7.05 Å². The summed E-state index contributed by atoms with van der Waals surface area (Å²) in [6.45, 7) is 1.67. The van der Waals surface area contributed by atoms with E-state index < -0.39 is 18.0 Å². The first-order valence-electron chi connectivity index (χ1n) is 6.84. The van der Waals surface area contributed by atoms with Gasteiger partial charge in [0.1, 0.15) is 0 Å². The molecule has 1 unspecified atom stereocenters. The molecule has 0 heterocycles. The van der Waals surface area contributed by atoms with Crippen molar-refractivity contribution >= 4 is 46.7 Å². The third-order valence-electron chi connectivity index (χ3n) is 3.24. The summed E-state index contributed by atoms with van der Waals surface area (Å²) in [5.74, 6) is -0.760. The van der Waals surface area contributed by atoms with E-state index in [9.17, 15) is 14.4 Å². The molecule has 0 saturated heterocycles. The van der Waals surface area contributed by atoms with E-state index >= 15 is 0 Å². The van der Waals surface area contributed by atoms with E-state index in [2.05, 4.69) is 16.0 Å². The normalized spacial score (nSPS) is 12.9. The Morgan fingerprint density at radius 3 is 2.43 bits per heavy atom. The van der Waals surface area contributed by atoms with Crippen LogP contribution in [0.25, 0.3) is 0 Å². The number of carbonyl (C=O) groups is 3. The third kappa shape index (κ3) is 6.05. The van der Waals surface area contributed by atoms with Gasteiger partial charge in [0.2, 0.25) is 0 Å². The molecule has 4 N–H and O–H groups in total. The number of rotatable bonds is 5. The molecule has 7 nitrogen and oxygen atoms in total. The second kappa shape index (κ2) is 8.71.